The van der Waals surface area contributed by atoms with Gasteiger partial charge in [0, 0.05) is 32.2 Å². The van der Waals surface area contributed by atoms with Gasteiger partial charge in [0.05, 0.1) is 19.3 Å². The summed E-state index contributed by atoms with van der Waals surface area (Å²) in [6.45, 7) is 16.8. The molecular formula is C24H43IN4O2. The van der Waals surface area contributed by atoms with Gasteiger partial charge in [0.25, 0.3) is 0 Å². The third-order valence-corrected chi connectivity index (χ3v) is 5.29. The summed E-state index contributed by atoms with van der Waals surface area (Å²) in [5.41, 5.74) is 1.25. The molecule has 0 radical (unpaired) electrons. The van der Waals surface area contributed by atoms with Gasteiger partial charge in [-0.2, -0.15) is 0 Å². The molecule has 2 N–H and O–H groups in total. The highest BCUT2D eigenvalue weighted by molar-refractivity contribution is 14.0. The molecule has 1 heterocycles. The Morgan fingerprint density at radius 1 is 1.13 bits per heavy atom. The Morgan fingerprint density at radius 3 is 2.48 bits per heavy atom. The largest absolute Gasteiger partial charge is 0.491 e. The van der Waals surface area contributed by atoms with Crippen molar-refractivity contribution in [2.24, 2.45) is 4.99 Å². The summed E-state index contributed by atoms with van der Waals surface area (Å²) in [6, 6.07) is 8.74. The van der Waals surface area contributed by atoms with Crippen molar-refractivity contribution < 1.29 is 9.47 Å². The quantitative estimate of drug-likeness (QED) is 0.188. The van der Waals surface area contributed by atoms with Gasteiger partial charge in [-0.05, 0) is 51.2 Å². The van der Waals surface area contributed by atoms with Gasteiger partial charge in [0.15, 0.2) is 5.96 Å². The summed E-state index contributed by atoms with van der Waals surface area (Å²) in [6.07, 6.45) is 2.57. The van der Waals surface area contributed by atoms with Gasteiger partial charge in [-0.1, -0.05) is 32.0 Å². The lowest BCUT2D eigenvalue weighted by atomic mass is 10.0. The minimum atomic E-state index is 0. The standard InChI is InChI=1S/C24H42N4O2.HI/c1-6-25-24(26-13-17-30-23-10-8-7-9-22(23)19(2)3)27-21-11-14-28(15-12-21)16-18-29-20(4)5;/h7-10,19-21H,6,11-18H2,1-5H3,(H2,25,26,27);1H. The summed E-state index contributed by atoms with van der Waals surface area (Å²) in [4.78, 5) is 7.21. The molecule has 7 heteroatoms. The molecule has 31 heavy (non-hydrogen) atoms. The van der Waals surface area contributed by atoms with Crippen LogP contribution in [0.4, 0.5) is 0 Å². The van der Waals surface area contributed by atoms with Gasteiger partial charge in [-0.25, -0.2) is 4.99 Å². The number of nitrogens with zero attached hydrogens (tertiary/aromatic N) is 2. The van der Waals surface area contributed by atoms with E-state index in [1.807, 2.05) is 12.1 Å². The minimum Gasteiger partial charge on any atom is -0.491 e. The van der Waals surface area contributed by atoms with Crippen molar-refractivity contribution in [1.82, 2.24) is 15.5 Å². The number of rotatable bonds is 11. The third kappa shape index (κ3) is 10.9. The van der Waals surface area contributed by atoms with E-state index >= 15 is 0 Å². The van der Waals surface area contributed by atoms with E-state index < -0.39 is 0 Å². The molecule has 0 saturated carbocycles. The Balaban J connectivity index is 0.00000480. The SMILES string of the molecule is CCNC(=NCCOc1ccccc1C(C)C)NC1CCN(CCOC(C)C)CC1.I. The van der Waals surface area contributed by atoms with E-state index in [2.05, 4.69) is 62.3 Å². The molecule has 0 amide bonds. The van der Waals surface area contributed by atoms with Crippen molar-refractivity contribution in [2.75, 3.05) is 45.9 Å². The molecule has 1 saturated heterocycles. The minimum absolute atomic E-state index is 0. The predicted molar refractivity (Wildman–Crippen MR) is 141 cm³/mol. The Hall–Kier alpha value is -1.06. The fourth-order valence-electron chi connectivity index (χ4n) is 3.63. The normalized spacial score (nSPS) is 15.8. The van der Waals surface area contributed by atoms with Crippen LogP contribution in [0.1, 0.15) is 58.9 Å². The average Bonchev–Trinajstić information content (AvgIpc) is 2.72. The van der Waals surface area contributed by atoms with Crippen LogP contribution in [0.2, 0.25) is 0 Å². The number of guanidine groups is 1. The molecule has 1 aliphatic heterocycles. The van der Waals surface area contributed by atoms with Crippen molar-refractivity contribution in [2.45, 2.75) is 65.5 Å². The molecule has 0 aromatic heterocycles. The molecule has 0 aliphatic carbocycles. The van der Waals surface area contributed by atoms with E-state index in [1.54, 1.807) is 0 Å². The molecule has 178 valence electrons. The van der Waals surface area contributed by atoms with E-state index in [-0.39, 0.29) is 24.0 Å². The molecule has 1 aliphatic rings. The highest BCUT2D eigenvalue weighted by Gasteiger charge is 2.19. The zero-order valence-electron chi connectivity index (χ0n) is 20.0. The lowest BCUT2D eigenvalue weighted by molar-refractivity contribution is 0.0532. The fourth-order valence-corrected chi connectivity index (χ4v) is 3.63. The van der Waals surface area contributed by atoms with E-state index in [1.165, 1.54) is 5.56 Å². The molecule has 6 nitrogen and oxygen atoms in total. The first-order chi connectivity index (χ1) is 14.5. The number of benzene rings is 1. The lowest BCUT2D eigenvalue weighted by Crippen LogP contribution is -2.49. The van der Waals surface area contributed by atoms with E-state index in [4.69, 9.17) is 14.5 Å². The Bertz CT molecular complexity index is 632. The molecule has 1 fully saturated rings. The van der Waals surface area contributed by atoms with Crippen LogP contribution < -0.4 is 15.4 Å². The zero-order chi connectivity index (χ0) is 21.8. The highest BCUT2D eigenvalue weighted by Crippen LogP contribution is 2.25. The van der Waals surface area contributed by atoms with Crippen molar-refractivity contribution in [3.05, 3.63) is 29.8 Å². The van der Waals surface area contributed by atoms with Crippen LogP contribution in [0.15, 0.2) is 29.3 Å². The van der Waals surface area contributed by atoms with Gasteiger partial charge in [-0.15, -0.1) is 24.0 Å². The number of para-hydroxylation sites is 1. The van der Waals surface area contributed by atoms with Gasteiger partial charge in [0.2, 0.25) is 0 Å². The van der Waals surface area contributed by atoms with Crippen LogP contribution in [0.5, 0.6) is 5.75 Å². The van der Waals surface area contributed by atoms with E-state index in [9.17, 15) is 0 Å². The second-order valence-corrected chi connectivity index (χ2v) is 8.48. The van der Waals surface area contributed by atoms with Crippen molar-refractivity contribution in [3.8, 4) is 5.75 Å². The number of hydrogen-bond donors (Lipinski definition) is 2. The maximum atomic E-state index is 6.00. The smallest absolute Gasteiger partial charge is 0.191 e. The maximum Gasteiger partial charge on any atom is 0.191 e. The molecule has 1 aromatic carbocycles. The first-order valence-electron chi connectivity index (χ1n) is 11.6. The second kappa shape index (κ2) is 15.7. The zero-order valence-corrected chi connectivity index (χ0v) is 22.4. The van der Waals surface area contributed by atoms with Crippen molar-refractivity contribution in [1.29, 1.82) is 0 Å². The molecule has 0 unspecified atom stereocenters. The van der Waals surface area contributed by atoms with Crippen molar-refractivity contribution in [3.63, 3.8) is 0 Å². The summed E-state index contributed by atoms with van der Waals surface area (Å²) in [7, 11) is 0. The summed E-state index contributed by atoms with van der Waals surface area (Å²) in [5.74, 6) is 2.31. The first-order valence-corrected chi connectivity index (χ1v) is 11.6. The van der Waals surface area contributed by atoms with E-state index in [0.717, 1.165) is 57.3 Å². The van der Waals surface area contributed by atoms with Gasteiger partial charge < -0.3 is 25.0 Å². The average molecular weight is 547 g/mol. The van der Waals surface area contributed by atoms with Crippen molar-refractivity contribution >= 4 is 29.9 Å². The molecule has 2 rings (SSSR count). The van der Waals surface area contributed by atoms with Crippen LogP contribution in [0.3, 0.4) is 0 Å². The Labute approximate surface area is 206 Å². The number of ether oxygens (including phenoxy) is 2. The van der Waals surface area contributed by atoms with Crippen LogP contribution in [-0.2, 0) is 4.74 Å². The second-order valence-electron chi connectivity index (χ2n) is 8.48. The number of likely N-dealkylation sites (tertiary alicyclic amines) is 1. The number of aliphatic imine (C=N–C) groups is 1. The molecule has 1 aromatic rings. The van der Waals surface area contributed by atoms with Crippen LogP contribution in [0.25, 0.3) is 0 Å². The topological polar surface area (TPSA) is 58.1 Å². The number of halogens is 1. The summed E-state index contributed by atoms with van der Waals surface area (Å²) < 4.78 is 11.7. The van der Waals surface area contributed by atoms with Crippen LogP contribution in [-0.4, -0.2) is 68.9 Å². The third-order valence-electron chi connectivity index (χ3n) is 5.29. The molecule has 0 bridgehead atoms. The summed E-state index contributed by atoms with van der Waals surface area (Å²) in [5, 5.41) is 6.97. The monoisotopic (exact) mass is 546 g/mol. The highest BCUT2D eigenvalue weighted by atomic mass is 127. The Kier molecular flexibility index (Phi) is 14.2. The van der Waals surface area contributed by atoms with Gasteiger partial charge >= 0.3 is 0 Å². The fraction of sp³-hybridized carbons (Fsp3) is 0.708. The Morgan fingerprint density at radius 2 is 1.84 bits per heavy atom. The number of hydrogen-bond acceptors (Lipinski definition) is 4. The molecular weight excluding hydrogens is 503 g/mol. The maximum absolute atomic E-state index is 6.00. The summed E-state index contributed by atoms with van der Waals surface area (Å²) >= 11 is 0. The predicted octanol–water partition coefficient (Wildman–Crippen LogP) is 4.25. The lowest BCUT2D eigenvalue weighted by Gasteiger charge is -2.33. The molecule has 0 atom stereocenters. The van der Waals surface area contributed by atoms with Gasteiger partial charge in [0.1, 0.15) is 12.4 Å². The van der Waals surface area contributed by atoms with Crippen LogP contribution in [0, 0.1) is 0 Å². The van der Waals surface area contributed by atoms with Crippen LogP contribution >= 0.6 is 24.0 Å². The first kappa shape index (κ1) is 28.0. The molecule has 0 spiro atoms. The number of piperidine rings is 1. The van der Waals surface area contributed by atoms with E-state index in [0.29, 0.717) is 31.2 Å². The number of nitrogens with one attached hydrogen (secondary N) is 2. The van der Waals surface area contributed by atoms with Gasteiger partial charge in [-0.3, -0.25) is 0 Å².